The number of nitrogens with one attached hydrogen (secondary N) is 2. The molecule has 110 valence electrons. The van der Waals surface area contributed by atoms with Crippen molar-refractivity contribution >= 4 is 17.4 Å². The number of hydrogen-bond donors (Lipinski definition) is 2. The SMILES string of the molecule is CCNc1ncc(F)cc1C(=O)Nc1ccc(F)cc1F. The summed E-state index contributed by atoms with van der Waals surface area (Å²) in [6.45, 7) is 2.26. The van der Waals surface area contributed by atoms with Gasteiger partial charge in [-0.05, 0) is 25.1 Å². The highest BCUT2D eigenvalue weighted by Gasteiger charge is 2.15. The first-order valence-electron chi connectivity index (χ1n) is 6.17. The number of aromatic nitrogens is 1. The Morgan fingerprint density at radius 1 is 1.19 bits per heavy atom. The molecule has 0 atom stereocenters. The minimum absolute atomic E-state index is 0.0689. The number of carbonyl (C=O) groups is 1. The van der Waals surface area contributed by atoms with E-state index in [0.717, 1.165) is 24.4 Å². The van der Waals surface area contributed by atoms with Crippen LogP contribution < -0.4 is 10.6 Å². The molecule has 7 heteroatoms. The first-order valence-corrected chi connectivity index (χ1v) is 6.17. The largest absolute Gasteiger partial charge is 0.370 e. The molecule has 0 fully saturated rings. The lowest BCUT2D eigenvalue weighted by Crippen LogP contribution is -2.17. The van der Waals surface area contributed by atoms with Crippen molar-refractivity contribution in [3.05, 3.63) is 53.5 Å². The van der Waals surface area contributed by atoms with E-state index < -0.39 is 23.4 Å². The van der Waals surface area contributed by atoms with Crippen molar-refractivity contribution in [1.82, 2.24) is 4.98 Å². The van der Waals surface area contributed by atoms with Gasteiger partial charge in [-0.15, -0.1) is 0 Å². The summed E-state index contributed by atoms with van der Waals surface area (Å²) in [6, 6.07) is 3.72. The highest BCUT2D eigenvalue weighted by atomic mass is 19.1. The topological polar surface area (TPSA) is 54.0 Å². The van der Waals surface area contributed by atoms with Crippen LogP contribution in [-0.4, -0.2) is 17.4 Å². The molecule has 0 spiro atoms. The van der Waals surface area contributed by atoms with E-state index in [4.69, 9.17) is 0 Å². The van der Waals surface area contributed by atoms with Gasteiger partial charge in [0.2, 0.25) is 0 Å². The first-order chi connectivity index (χ1) is 10.0. The second-order valence-corrected chi connectivity index (χ2v) is 4.16. The van der Waals surface area contributed by atoms with Crippen LogP contribution in [0, 0.1) is 17.5 Å². The van der Waals surface area contributed by atoms with Crippen molar-refractivity contribution in [3.8, 4) is 0 Å². The molecule has 1 aromatic carbocycles. The number of rotatable bonds is 4. The smallest absolute Gasteiger partial charge is 0.259 e. The Kier molecular flexibility index (Phi) is 4.42. The van der Waals surface area contributed by atoms with E-state index in [-0.39, 0.29) is 17.1 Å². The molecule has 0 radical (unpaired) electrons. The van der Waals surface area contributed by atoms with Gasteiger partial charge in [-0.3, -0.25) is 4.79 Å². The molecule has 0 bridgehead atoms. The summed E-state index contributed by atoms with van der Waals surface area (Å²) in [6.07, 6.45) is 0.966. The van der Waals surface area contributed by atoms with Crippen LogP contribution in [0.25, 0.3) is 0 Å². The molecule has 1 amide bonds. The highest BCUT2D eigenvalue weighted by molar-refractivity contribution is 6.07. The molecule has 0 saturated heterocycles. The lowest BCUT2D eigenvalue weighted by Gasteiger charge is -2.10. The fourth-order valence-corrected chi connectivity index (χ4v) is 1.70. The van der Waals surface area contributed by atoms with Crippen molar-refractivity contribution in [3.63, 3.8) is 0 Å². The molecule has 2 aromatic rings. The van der Waals surface area contributed by atoms with E-state index in [0.29, 0.717) is 12.6 Å². The number of carbonyl (C=O) groups excluding carboxylic acids is 1. The molecule has 0 saturated carbocycles. The summed E-state index contributed by atoms with van der Waals surface area (Å²) < 4.78 is 39.5. The molecule has 0 aliphatic rings. The number of benzene rings is 1. The van der Waals surface area contributed by atoms with Crippen LogP contribution in [0.2, 0.25) is 0 Å². The number of halogens is 3. The molecular weight excluding hydrogens is 283 g/mol. The van der Waals surface area contributed by atoms with Crippen molar-refractivity contribution in [2.45, 2.75) is 6.92 Å². The number of pyridine rings is 1. The van der Waals surface area contributed by atoms with E-state index in [2.05, 4.69) is 15.6 Å². The van der Waals surface area contributed by atoms with E-state index in [9.17, 15) is 18.0 Å². The predicted octanol–water partition coefficient (Wildman–Crippen LogP) is 3.18. The van der Waals surface area contributed by atoms with E-state index >= 15 is 0 Å². The number of amides is 1. The number of anilines is 2. The Hall–Kier alpha value is -2.57. The average Bonchev–Trinajstić information content (AvgIpc) is 2.44. The summed E-state index contributed by atoms with van der Waals surface area (Å²) in [5, 5.41) is 5.05. The molecule has 1 aromatic heterocycles. The molecule has 2 N–H and O–H groups in total. The zero-order valence-electron chi connectivity index (χ0n) is 11.1. The Morgan fingerprint density at radius 2 is 1.95 bits per heavy atom. The second kappa shape index (κ2) is 6.25. The Labute approximate surface area is 119 Å². The van der Waals surface area contributed by atoms with Crippen LogP contribution in [0.5, 0.6) is 0 Å². The van der Waals surface area contributed by atoms with Crippen LogP contribution in [0.4, 0.5) is 24.7 Å². The van der Waals surface area contributed by atoms with Crippen LogP contribution in [0.1, 0.15) is 17.3 Å². The van der Waals surface area contributed by atoms with Crippen LogP contribution in [0.15, 0.2) is 30.5 Å². The molecule has 1 heterocycles. The van der Waals surface area contributed by atoms with Crippen LogP contribution in [-0.2, 0) is 0 Å². The lowest BCUT2D eigenvalue weighted by molar-refractivity contribution is 0.102. The average molecular weight is 295 g/mol. The fourth-order valence-electron chi connectivity index (χ4n) is 1.70. The Balaban J connectivity index is 2.29. The van der Waals surface area contributed by atoms with Gasteiger partial charge in [0.25, 0.3) is 5.91 Å². The van der Waals surface area contributed by atoms with Gasteiger partial charge in [0, 0.05) is 12.6 Å². The third-order valence-electron chi connectivity index (χ3n) is 2.62. The van der Waals surface area contributed by atoms with Crippen LogP contribution >= 0.6 is 0 Å². The Morgan fingerprint density at radius 3 is 2.62 bits per heavy atom. The lowest BCUT2D eigenvalue weighted by atomic mass is 10.2. The fraction of sp³-hybridized carbons (Fsp3) is 0.143. The molecule has 2 rings (SSSR count). The number of nitrogens with zero attached hydrogens (tertiary/aromatic N) is 1. The normalized spacial score (nSPS) is 10.3. The maximum atomic E-state index is 13.5. The van der Waals surface area contributed by atoms with E-state index in [1.165, 1.54) is 0 Å². The maximum Gasteiger partial charge on any atom is 0.259 e. The third-order valence-corrected chi connectivity index (χ3v) is 2.62. The summed E-state index contributed by atoms with van der Waals surface area (Å²) >= 11 is 0. The monoisotopic (exact) mass is 295 g/mol. The summed E-state index contributed by atoms with van der Waals surface area (Å²) in [5.41, 5.74) is -0.270. The van der Waals surface area contributed by atoms with Crippen molar-refractivity contribution < 1.29 is 18.0 Å². The molecule has 0 unspecified atom stereocenters. The minimum atomic E-state index is -0.919. The summed E-state index contributed by atoms with van der Waals surface area (Å²) in [5.74, 6) is -2.94. The standard InChI is InChI=1S/C14H12F3N3O/c1-2-18-13-10(5-9(16)7-19-13)14(21)20-12-4-3-8(15)6-11(12)17/h3-7H,2H2,1H3,(H,18,19)(H,20,21). The highest BCUT2D eigenvalue weighted by Crippen LogP contribution is 2.19. The Bertz CT molecular complexity index is 677. The zero-order chi connectivity index (χ0) is 15.4. The second-order valence-electron chi connectivity index (χ2n) is 4.16. The van der Waals surface area contributed by atoms with Crippen molar-refractivity contribution in [1.29, 1.82) is 0 Å². The van der Waals surface area contributed by atoms with Crippen molar-refractivity contribution in [2.24, 2.45) is 0 Å². The summed E-state index contributed by atoms with van der Waals surface area (Å²) in [7, 11) is 0. The number of hydrogen-bond acceptors (Lipinski definition) is 3. The van der Waals surface area contributed by atoms with E-state index in [1.807, 2.05) is 0 Å². The van der Waals surface area contributed by atoms with E-state index in [1.54, 1.807) is 6.92 Å². The van der Waals surface area contributed by atoms with Gasteiger partial charge < -0.3 is 10.6 Å². The first kappa shape index (κ1) is 14.8. The van der Waals surface area contributed by atoms with Crippen molar-refractivity contribution in [2.75, 3.05) is 17.2 Å². The maximum absolute atomic E-state index is 13.5. The van der Waals surface area contributed by atoms with Crippen LogP contribution in [0.3, 0.4) is 0 Å². The zero-order valence-corrected chi connectivity index (χ0v) is 11.1. The third kappa shape index (κ3) is 3.50. The van der Waals surface area contributed by atoms with Gasteiger partial charge in [0.05, 0.1) is 17.4 Å². The predicted molar refractivity (Wildman–Crippen MR) is 72.7 cm³/mol. The quantitative estimate of drug-likeness (QED) is 0.911. The minimum Gasteiger partial charge on any atom is -0.370 e. The van der Waals surface area contributed by atoms with Gasteiger partial charge in [0.1, 0.15) is 23.3 Å². The van der Waals surface area contributed by atoms with Gasteiger partial charge in [-0.1, -0.05) is 0 Å². The van der Waals surface area contributed by atoms with Gasteiger partial charge in [-0.25, -0.2) is 18.2 Å². The van der Waals surface area contributed by atoms with Gasteiger partial charge in [-0.2, -0.15) is 0 Å². The summed E-state index contributed by atoms with van der Waals surface area (Å²) in [4.78, 5) is 15.8. The molecule has 0 aliphatic heterocycles. The molecular formula is C14H12F3N3O. The molecule has 21 heavy (non-hydrogen) atoms. The molecule has 0 aliphatic carbocycles. The van der Waals surface area contributed by atoms with Gasteiger partial charge in [0.15, 0.2) is 0 Å². The van der Waals surface area contributed by atoms with Gasteiger partial charge >= 0.3 is 0 Å². The molecule has 4 nitrogen and oxygen atoms in total.